The van der Waals surface area contributed by atoms with Crippen LogP contribution >= 0.6 is 0 Å². The first-order chi connectivity index (χ1) is 6.15. The lowest BCUT2D eigenvalue weighted by atomic mass is 10.1. The van der Waals surface area contributed by atoms with Crippen LogP contribution in [0.1, 0.15) is 30.3 Å². The molecule has 0 saturated heterocycles. The van der Waals surface area contributed by atoms with Gasteiger partial charge < -0.3 is 0 Å². The first kappa shape index (κ1) is 9.71. The van der Waals surface area contributed by atoms with Crippen LogP contribution in [0.25, 0.3) is 0 Å². The second kappa shape index (κ2) is 4.03. The van der Waals surface area contributed by atoms with Gasteiger partial charge in [-0.05, 0) is 12.5 Å². The minimum atomic E-state index is 0.0897. The van der Waals surface area contributed by atoms with Crippen molar-refractivity contribution in [3.8, 4) is 0 Å². The van der Waals surface area contributed by atoms with Gasteiger partial charge in [0.15, 0.2) is 5.78 Å². The van der Waals surface area contributed by atoms with Crippen molar-refractivity contribution in [2.45, 2.75) is 19.8 Å². The molecule has 0 radical (unpaired) electrons. The highest BCUT2D eigenvalue weighted by Gasteiger charge is 2.09. The molecule has 1 rings (SSSR count). The maximum atomic E-state index is 11.6. The fourth-order valence-corrected chi connectivity index (χ4v) is 1.09. The molecular formula is C10H14N2O. The molecule has 0 aromatic carbocycles. The third-order valence-electron chi connectivity index (χ3n) is 2.02. The summed E-state index contributed by atoms with van der Waals surface area (Å²) in [6.07, 6.45) is 2.90. The fourth-order valence-electron chi connectivity index (χ4n) is 1.09. The Bertz CT molecular complexity index is 325. The van der Waals surface area contributed by atoms with Gasteiger partial charge in [-0.25, -0.2) is 0 Å². The van der Waals surface area contributed by atoms with Gasteiger partial charge in [-0.15, -0.1) is 0 Å². The molecule has 0 bridgehead atoms. The van der Waals surface area contributed by atoms with Crippen molar-refractivity contribution in [2.24, 2.45) is 7.05 Å². The number of Topliss-reactive ketones (excluding diaryl/α,β-unsaturated/α-hetero) is 1. The average Bonchev–Trinajstić information content (AvgIpc) is 2.51. The molecular weight excluding hydrogens is 164 g/mol. The summed E-state index contributed by atoms with van der Waals surface area (Å²) in [6.45, 7) is 5.80. The highest BCUT2D eigenvalue weighted by molar-refractivity contribution is 5.95. The molecule has 0 unspecified atom stereocenters. The van der Waals surface area contributed by atoms with E-state index >= 15 is 0 Å². The summed E-state index contributed by atoms with van der Waals surface area (Å²) in [7, 11) is 1.77. The van der Waals surface area contributed by atoms with Crippen molar-refractivity contribution in [1.29, 1.82) is 0 Å². The molecule has 3 nitrogen and oxygen atoms in total. The number of rotatable bonds is 4. The maximum Gasteiger partial charge on any atom is 0.184 e. The Hall–Kier alpha value is -1.38. The van der Waals surface area contributed by atoms with Gasteiger partial charge in [0.2, 0.25) is 0 Å². The lowest BCUT2D eigenvalue weighted by molar-refractivity contribution is 0.0983. The number of hydrogen-bond acceptors (Lipinski definition) is 2. The summed E-state index contributed by atoms with van der Waals surface area (Å²) < 4.78 is 1.59. The quantitative estimate of drug-likeness (QED) is 0.521. The first-order valence-electron chi connectivity index (χ1n) is 4.33. The van der Waals surface area contributed by atoms with Crippen LogP contribution in [0.4, 0.5) is 0 Å². The lowest BCUT2D eigenvalue weighted by Gasteiger charge is -2.01. The molecule has 0 aliphatic carbocycles. The lowest BCUT2D eigenvalue weighted by Crippen LogP contribution is -2.07. The third-order valence-corrected chi connectivity index (χ3v) is 2.02. The van der Waals surface area contributed by atoms with Crippen molar-refractivity contribution in [1.82, 2.24) is 9.78 Å². The smallest absolute Gasteiger partial charge is 0.184 e. The molecule has 0 amide bonds. The SMILES string of the molecule is C=C(CC)CC(=O)c1ccnn1C. The van der Waals surface area contributed by atoms with Gasteiger partial charge in [-0.2, -0.15) is 5.10 Å². The molecule has 3 heteroatoms. The Morgan fingerprint density at radius 2 is 2.38 bits per heavy atom. The van der Waals surface area contributed by atoms with E-state index in [-0.39, 0.29) is 5.78 Å². The van der Waals surface area contributed by atoms with Crippen molar-refractivity contribution >= 4 is 5.78 Å². The number of nitrogens with zero attached hydrogens (tertiary/aromatic N) is 2. The molecule has 0 saturated carbocycles. The van der Waals surface area contributed by atoms with Gasteiger partial charge in [0.25, 0.3) is 0 Å². The number of carbonyl (C=O) groups is 1. The molecule has 70 valence electrons. The summed E-state index contributed by atoms with van der Waals surface area (Å²) in [4.78, 5) is 11.6. The second-order valence-electron chi connectivity index (χ2n) is 3.04. The van der Waals surface area contributed by atoms with Crippen molar-refractivity contribution in [3.05, 3.63) is 30.1 Å². The van der Waals surface area contributed by atoms with Gasteiger partial charge in [0.05, 0.1) is 0 Å². The van der Waals surface area contributed by atoms with E-state index < -0.39 is 0 Å². The summed E-state index contributed by atoms with van der Waals surface area (Å²) in [5.74, 6) is 0.0897. The monoisotopic (exact) mass is 178 g/mol. The molecule has 0 spiro atoms. The molecule has 0 fully saturated rings. The largest absolute Gasteiger partial charge is 0.292 e. The van der Waals surface area contributed by atoms with Crippen LogP contribution in [-0.4, -0.2) is 15.6 Å². The Morgan fingerprint density at radius 3 is 2.85 bits per heavy atom. The molecule has 1 aromatic heterocycles. The van der Waals surface area contributed by atoms with E-state index in [1.54, 1.807) is 24.0 Å². The number of aryl methyl sites for hydroxylation is 1. The van der Waals surface area contributed by atoms with E-state index in [4.69, 9.17) is 0 Å². The van der Waals surface area contributed by atoms with Gasteiger partial charge in [0, 0.05) is 19.7 Å². The summed E-state index contributed by atoms with van der Waals surface area (Å²) in [5.41, 5.74) is 1.61. The van der Waals surface area contributed by atoms with Gasteiger partial charge >= 0.3 is 0 Å². The highest BCUT2D eigenvalue weighted by atomic mass is 16.1. The number of ketones is 1. The number of carbonyl (C=O) groups excluding carboxylic acids is 1. The van der Waals surface area contributed by atoms with Crippen LogP contribution in [0, 0.1) is 0 Å². The minimum Gasteiger partial charge on any atom is -0.292 e. The Kier molecular flexibility index (Phi) is 3.01. The van der Waals surface area contributed by atoms with Crippen LogP contribution in [0.5, 0.6) is 0 Å². The molecule has 13 heavy (non-hydrogen) atoms. The molecule has 1 aromatic rings. The van der Waals surface area contributed by atoms with E-state index in [1.165, 1.54) is 0 Å². The van der Waals surface area contributed by atoms with Crippen LogP contribution in [-0.2, 0) is 7.05 Å². The van der Waals surface area contributed by atoms with Gasteiger partial charge in [-0.3, -0.25) is 9.48 Å². The van der Waals surface area contributed by atoms with Crippen LogP contribution in [0.2, 0.25) is 0 Å². The first-order valence-corrected chi connectivity index (χ1v) is 4.33. The van der Waals surface area contributed by atoms with Crippen LogP contribution < -0.4 is 0 Å². The molecule has 0 aliphatic rings. The van der Waals surface area contributed by atoms with Gasteiger partial charge in [0.1, 0.15) is 5.69 Å². The Labute approximate surface area is 78.1 Å². The maximum absolute atomic E-state index is 11.6. The minimum absolute atomic E-state index is 0.0897. The molecule has 1 heterocycles. The van der Waals surface area contributed by atoms with Crippen LogP contribution in [0.3, 0.4) is 0 Å². The number of aromatic nitrogens is 2. The van der Waals surface area contributed by atoms with Crippen LogP contribution in [0.15, 0.2) is 24.4 Å². The summed E-state index contributed by atoms with van der Waals surface area (Å²) in [6, 6.07) is 1.73. The zero-order valence-electron chi connectivity index (χ0n) is 8.08. The normalized spacial score (nSPS) is 10.0. The van der Waals surface area contributed by atoms with Crippen molar-refractivity contribution in [2.75, 3.05) is 0 Å². The summed E-state index contributed by atoms with van der Waals surface area (Å²) in [5, 5.41) is 3.94. The number of hydrogen-bond donors (Lipinski definition) is 0. The van der Waals surface area contributed by atoms with E-state index in [9.17, 15) is 4.79 Å². The van der Waals surface area contributed by atoms with E-state index in [1.807, 2.05) is 6.92 Å². The predicted molar refractivity (Wildman–Crippen MR) is 51.6 cm³/mol. The molecule has 0 atom stereocenters. The standard InChI is InChI=1S/C10H14N2O/c1-4-8(2)7-10(13)9-5-6-11-12(9)3/h5-6H,2,4,7H2,1,3H3. The topological polar surface area (TPSA) is 34.9 Å². The Balaban J connectivity index is 2.69. The third kappa shape index (κ3) is 2.28. The summed E-state index contributed by atoms with van der Waals surface area (Å²) >= 11 is 0. The van der Waals surface area contributed by atoms with E-state index in [0.717, 1.165) is 12.0 Å². The highest BCUT2D eigenvalue weighted by Crippen LogP contribution is 2.09. The average molecular weight is 178 g/mol. The fraction of sp³-hybridized carbons (Fsp3) is 0.400. The van der Waals surface area contributed by atoms with E-state index in [2.05, 4.69) is 11.7 Å². The Morgan fingerprint density at radius 1 is 1.69 bits per heavy atom. The second-order valence-corrected chi connectivity index (χ2v) is 3.04. The zero-order chi connectivity index (χ0) is 9.84. The van der Waals surface area contributed by atoms with Crippen molar-refractivity contribution < 1.29 is 4.79 Å². The van der Waals surface area contributed by atoms with Crippen molar-refractivity contribution in [3.63, 3.8) is 0 Å². The predicted octanol–water partition coefficient (Wildman–Crippen LogP) is 1.96. The van der Waals surface area contributed by atoms with Gasteiger partial charge in [-0.1, -0.05) is 19.1 Å². The van der Waals surface area contributed by atoms with E-state index in [0.29, 0.717) is 12.1 Å². The number of allylic oxidation sites excluding steroid dienone is 1. The zero-order valence-corrected chi connectivity index (χ0v) is 8.08. The molecule has 0 N–H and O–H groups in total. The molecule has 0 aliphatic heterocycles.